The maximum absolute atomic E-state index is 11.6. The van der Waals surface area contributed by atoms with Gasteiger partial charge in [-0.3, -0.25) is 4.79 Å². The molecule has 0 fully saturated rings. The fraction of sp³-hybridized carbons (Fsp3) is 0.632. The molecule has 0 aliphatic carbocycles. The van der Waals surface area contributed by atoms with Crippen molar-refractivity contribution in [3.63, 3.8) is 0 Å². The van der Waals surface area contributed by atoms with E-state index in [4.69, 9.17) is 18.9 Å². The number of esters is 1. The van der Waals surface area contributed by atoms with Crippen LogP contribution in [0.5, 0.6) is 5.75 Å². The van der Waals surface area contributed by atoms with Gasteiger partial charge in [-0.05, 0) is 44.9 Å². The minimum atomic E-state index is -0.522. The molecule has 0 bridgehead atoms. The summed E-state index contributed by atoms with van der Waals surface area (Å²) in [4.78, 5) is 11.6. The number of methoxy groups -OCH3 is 1. The largest absolute Gasteiger partial charge is 0.497 e. The van der Waals surface area contributed by atoms with Crippen molar-refractivity contribution in [3.05, 3.63) is 29.8 Å². The highest BCUT2D eigenvalue weighted by Crippen LogP contribution is 2.15. The van der Waals surface area contributed by atoms with Crippen molar-refractivity contribution in [2.75, 3.05) is 33.5 Å². The number of hydrogen-bond donors (Lipinski definition) is 1. The van der Waals surface area contributed by atoms with Crippen LogP contribution < -0.4 is 4.74 Å². The number of carbonyl (C=O) groups is 1. The summed E-state index contributed by atoms with van der Waals surface area (Å²) in [5, 5.41) is 9.34. The lowest BCUT2D eigenvalue weighted by Crippen LogP contribution is -2.26. The van der Waals surface area contributed by atoms with Crippen LogP contribution in [0.15, 0.2) is 24.3 Å². The summed E-state index contributed by atoms with van der Waals surface area (Å²) in [5.74, 6) is 0.545. The molecule has 6 nitrogen and oxygen atoms in total. The number of ether oxygens (including phenoxy) is 4. The Bertz CT molecular complexity index is 492. The molecule has 6 heteroatoms. The van der Waals surface area contributed by atoms with Crippen molar-refractivity contribution < 1.29 is 28.8 Å². The zero-order valence-electron chi connectivity index (χ0n) is 15.6. The Morgan fingerprint density at radius 1 is 1.12 bits per heavy atom. The molecule has 0 unspecified atom stereocenters. The molecule has 1 aromatic carbocycles. The predicted molar refractivity (Wildman–Crippen MR) is 94.5 cm³/mol. The zero-order chi connectivity index (χ0) is 18.7. The first kappa shape index (κ1) is 21.4. The monoisotopic (exact) mass is 354 g/mol. The molecular weight excluding hydrogens is 324 g/mol. The molecule has 0 radical (unpaired) electrons. The summed E-state index contributed by atoms with van der Waals surface area (Å²) in [7, 11) is 1.63. The van der Waals surface area contributed by atoms with Gasteiger partial charge in [-0.15, -0.1) is 0 Å². The maximum Gasteiger partial charge on any atom is 0.311 e. The highest BCUT2D eigenvalue weighted by molar-refractivity contribution is 5.75. The molecule has 142 valence electrons. The number of hydrogen-bond acceptors (Lipinski definition) is 6. The van der Waals surface area contributed by atoms with Crippen molar-refractivity contribution in [2.24, 2.45) is 5.41 Å². The Kier molecular flexibility index (Phi) is 9.49. The number of aliphatic hydroxyl groups is 1. The van der Waals surface area contributed by atoms with E-state index >= 15 is 0 Å². The van der Waals surface area contributed by atoms with Crippen LogP contribution in [0.25, 0.3) is 0 Å². The van der Waals surface area contributed by atoms with E-state index in [1.165, 1.54) is 0 Å². The second-order valence-electron chi connectivity index (χ2n) is 6.75. The lowest BCUT2D eigenvalue weighted by atomic mass is 9.97. The van der Waals surface area contributed by atoms with Gasteiger partial charge in [0.25, 0.3) is 0 Å². The number of rotatable bonds is 11. The van der Waals surface area contributed by atoms with Crippen LogP contribution in [0.2, 0.25) is 0 Å². The van der Waals surface area contributed by atoms with E-state index in [0.29, 0.717) is 19.6 Å². The van der Waals surface area contributed by atoms with Crippen LogP contribution in [0, 0.1) is 5.41 Å². The third-order valence-corrected chi connectivity index (χ3v) is 3.50. The van der Waals surface area contributed by atoms with Crippen LogP contribution in [0.1, 0.15) is 32.8 Å². The lowest BCUT2D eigenvalue weighted by Gasteiger charge is -2.18. The highest BCUT2D eigenvalue weighted by Gasteiger charge is 2.22. The second-order valence-corrected chi connectivity index (χ2v) is 6.75. The first-order chi connectivity index (χ1) is 11.9. The normalized spacial score (nSPS) is 12.7. The van der Waals surface area contributed by atoms with Gasteiger partial charge in [0.1, 0.15) is 12.4 Å². The van der Waals surface area contributed by atoms with Gasteiger partial charge < -0.3 is 24.1 Å². The molecule has 0 aromatic heterocycles. The Balaban J connectivity index is 2.15. The Labute approximate surface area is 150 Å². The zero-order valence-corrected chi connectivity index (χ0v) is 15.6. The standard InChI is InChI=1S/C19H30O6/c1-19(2,3)18(21)25-12-11-24-17(13-20)9-10-23-14-15-5-7-16(22-4)8-6-15/h5-8,17,20H,9-14H2,1-4H3/t17-/m0/s1. The van der Waals surface area contributed by atoms with E-state index in [0.717, 1.165) is 11.3 Å². The molecule has 0 heterocycles. The quantitative estimate of drug-likeness (QED) is 0.486. The van der Waals surface area contributed by atoms with Gasteiger partial charge in [0, 0.05) is 6.61 Å². The van der Waals surface area contributed by atoms with Crippen molar-refractivity contribution >= 4 is 5.97 Å². The van der Waals surface area contributed by atoms with Gasteiger partial charge in [0.2, 0.25) is 0 Å². The summed E-state index contributed by atoms with van der Waals surface area (Å²) < 4.78 is 21.3. The summed E-state index contributed by atoms with van der Waals surface area (Å²) >= 11 is 0. The van der Waals surface area contributed by atoms with Gasteiger partial charge in [-0.25, -0.2) is 0 Å². The van der Waals surface area contributed by atoms with E-state index in [1.807, 2.05) is 24.3 Å². The van der Waals surface area contributed by atoms with Crippen LogP contribution in [-0.2, 0) is 25.6 Å². The third-order valence-electron chi connectivity index (χ3n) is 3.50. The van der Waals surface area contributed by atoms with Crippen molar-refractivity contribution in [1.29, 1.82) is 0 Å². The first-order valence-electron chi connectivity index (χ1n) is 8.47. The van der Waals surface area contributed by atoms with Crippen molar-refractivity contribution in [2.45, 2.75) is 39.9 Å². The second kappa shape index (κ2) is 11.1. The third kappa shape index (κ3) is 8.86. The molecule has 1 rings (SSSR count). The minimum Gasteiger partial charge on any atom is -0.497 e. The van der Waals surface area contributed by atoms with E-state index in [1.54, 1.807) is 27.9 Å². The van der Waals surface area contributed by atoms with E-state index in [9.17, 15) is 9.90 Å². The van der Waals surface area contributed by atoms with Gasteiger partial charge in [-0.2, -0.15) is 0 Å². The number of benzene rings is 1. The SMILES string of the molecule is COc1ccc(COCC[C@@H](CO)OCCOC(=O)C(C)(C)C)cc1. The lowest BCUT2D eigenvalue weighted by molar-refractivity contribution is -0.155. The van der Waals surface area contributed by atoms with Gasteiger partial charge in [0.05, 0.1) is 38.4 Å². The van der Waals surface area contributed by atoms with Crippen LogP contribution in [0.4, 0.5) is 0 Å². The average molecular weight is 354 g/mol. The molecule has 1 aromatic rings. The molecule has 0 saturated carbocycles. The van der Waals surface area contributed by atoms with E-state index < -0.39 is 5.41 Å². The summed E-state index contributed by atoms with van der Waals surface area (Å²) in [6.07, 6.45) is 0.240. The van der Waals surface area contributed by atoms with Crippen LogP contribution in [0.3, 0.4) is 0 Å². The first-order valence-corrected chi connectivity index (χ1v) is 8.47. The summed E-state index contributed by atoms with van der Waals surface area (Å²) in [6, 6.07) is 7.67. The van der Waals surface area contributed by atoms with E-state index in [-0.39, 0.29) is 31.9 Å². The molecule has 1 atom stereocenters. The Hall–Kier alpha value is -1.63. The van der Waals surface area contributed by atoms with Crippen LogP contribution in [-0.4, -0.2) is 50.7 Å². The number of aliphatic hydroxyl groups excluding tert-OH is 1. The summed E-state index contributed by atoms with van der Waals surface area (Å²) in [6.45, 7) is 6.70. The van der Waals surface area contributed by atoms with Crippen molar-refractivity contribution in [3.8, 4) is 5.75 Å². The van der Waals surface area contributed by atoms with E-state index in [2.05, 4.69) is 0 Å². The molecule has 0 amide bonds. The van der Waals surface area contributed by atoms with Gasteiger partial charge in [0.15, 0.2) is 0 Å². The smallest absolute Gasteiger partial charge is 0.311 e. The molecule has 0 aliphatic rings. The van der Waals surface area contributed by atoms with Gasteiger partial charge in [-0.1, -0.05) is 12.1 Å². The van der Waals surface area contributed by atoms with Gasteiger partial charge >= 0.3 is 5.97 Å². The van der Waals surface area contributed by atoms with Crippen LogP contribution >= 0.6 is 0 Å². The molecule has 0 aliphatic heterocycles. The molecule has 0 saturated heterocycles. The topological polar surface area (TPSA) is 74.2 Å². The van der Waals surface area contributed by atoms with Crippen molar-refractivity contribution in [1.82, 2.24) is 0 Å². The molecular formula is C19H30O6. The molecule has 25 heavy (non-hydrogen) atoms. The molecule has 1 N–H and O–H groups in total. The highest BCUT2D eigenvalue weighted by atomic mass is 16.6. The number of carbonyl (C=O) groups excluding carboxylic acids is 1. The summed E-state index contributed by atoms with van der Waals surface area (Å²) in [5.41, 5.74) is 0.530. The average Bonchev–Trinajstić information content (AvgIpc) is 2.59. The predicted octanol–water partition coefficient (Wildman–Crippen LogP) is 2.57. The Morgan fingerprint density at radius 2 is 1.80 bits per heavy atom. The minimum absolute atomic E-state index is 0.0981. The maximum atomic E-state index is 11.6. The Morgan fingerprint density at radius 3 is 2.36 bits per heavy atom. The molecule has 0 spiro atoms. The fourth-order valence-corrected chi connectivity index (χ4v) is 1.92. The fourth-order valence-electron chi connectivity index (χ4n) is 1.92.